The highest BCUT2D eigenvalue weighted by molar-refractivity contribution is 6.30. The summed E-state index contributed by atoms with van der Waals surface area (Å²) in [5, 5.41) is 7.44. The Bertz CT molecular complexity index is 365. The first-order chi connectivity index (χ1) is 7.60. The van der Waals surface area contributed by atoms with Crippen LogP contribution in [-0.2, 0) is 4.79 Å². The molecule has 5 heteroatoms. The fraction of sp³-hybridized carbons (Fsp3) is 0.364. The lowest BCUT2D eigenvalue weighted by atomic mass is 10.0. The number of rotatable bonds is 2. The molecule has 2 rings (SSSR count). The zero-order valence-electron chi connectivity index (χ0n) is 8.37. The minimum Gasteiger partial charge on any atom is -0.483 e. The van der Waals surface area contributed by atoms with Gasteiger partial charge in [0, 0.05) is 10.6 Å². The molecule has 0 spiro atoms. The summed E-state index contributed by atoms with van der Waals surface area (Å²) in [6.07, 6.45) is -0.354. The number of carboxylic acid groups (broad SMARTS) is 1. The predicted octanol–water partition coefficient (Wildman–Crippen LogP) is 3.86. The van der Waals surface area contributed by atoms with Crippen LogP contribution < -0.4 is 0 Å². The number of benzene rings is 1. The van der Waals surface area contributed by atoms with Gasteiger partial charge in [-0.2, -0.15) is 0 Å². The van der Waals surface area contributed by atoms with E-state index in [4.69, 9.17) is 21.5 Å². The molecule has 1 fully saturated rings. The molecular weight excluding hydrogens is 238 g/mol. The van der Waals surface area contributed by atoms with Crippen molar-refractivity contribution in [2.75, 3.05) is 0 Å². The van der Waals surface area contributed by atoms with Gasteiger partial charge in [-0.05, 0) is 36.5 Å². The Balaban J connectivity index is 0.000000386. The SMILES string of the molecule is FC(F)c1ccc(Cl)cc1C1CC1.O=CO. The van der Waals surface area contributed by atoms with Gasteiger partial charge in [-0.25, -0.2) is 8.78 Å². The Morgan fingerprint density at radius 3 is 2.44 bits per heavy atom. The molecule has 88 valence electrons. The second-order valence-corrected chi connectivity index (χ2v) is 3.89. The zero-order chi connectivity index (χ0) is 12.1. The normalized spacial score (nSPS) is 14.2. The largest absolute Gasteiger partial charge is 0.483 e. The van der Waals surface area contributed by atoms with Crippen molar-refractivity contribution >= 4 is 18.1 Å². The lowest BCUT2D eigenvalue weighted by Crippen LogP contribution is -1.92. The molecule has 16 heavy (non-hydrogen) atoms. The molecule has 0 unspecified atom stereocenters. The predicted molar refractivity (Wildman–Crippen MR) is 57.1 cm³/mol. The first-order valence-corrected chi connectivity index (χ1v) is 5.13. The van der Waals surface area contributed by atoms with Gasteiger partial charge in [0.25, 0.3) is 12.9 Å². The lowest BCUT2D eigenvalue weighted by Gasteiger charge is -2.07. The van der Waals surface area contributed by atoms with Crippen molar-refractivity contribution < 1.29 is 18.7 Å². The average Bonchev–Trinajstić information content (AvgIpc) is 3.01. The summed E-state index contributed by atoms with van der Waals surface area (Å²) in [7, 11) is 0. The molecule has 1 saturated carbocycles. The lowest BCUT2D eigenvalue weighted by molar-refractivity contribution is -0.122. The molecule has 0 aromatic heterocycles. The smallest absolute Gasteiger partial charge is 0.290 e. The van der Waals surface area contributed by atoms with E-state index in [1.54, 1.807) is 6.07 Å². The summed E-state index contributed by atoms with van der Waals surface area (Å²) >= 11 is 5.75. The highest BCUT2D eigenvalue weighted by Gasteiger charge is 2.28. The van der Waals surface area contributed by atoms with E-state index >= 15 is 0 Å². The summed E-state index contributed by atoms with van der Waals surface area (Å²) in [6, 6.07) is 4.62. The van der Waals surface area contributed by atoms with Gasteiger partial charge in [-0.15, -0.1) is 0 Å². The topological polar surface area (TPSA) is 37.3 Å². The van der Waals surface area contributed by atoms with E-state index in [1.807, 2.05) is 0 Å². The Kier molecular flexibility index (Phi) is 4.68. The summed E-state index contributed by atoms with van der Waals surface area (Å²) in [5.41, 5.74) is 0.884. The molecule has 1 aromatic carbocycles. The van der Waals surface area contributed by atoms with E-state index in [1.165, 1.54) is 12.1 Å². The Morgan fingerprint density at radius 2 is 2.00 bits per heavy atom. The minimum absolute atomic E-state index is 0.145. The van der Waals surface area contributed by atoms with Crippen molar-refractivity contribution in [2.45, 2.75) is 25.2 Å². The molecule has 0 saturated heterocycles. The Labute approximate surface area is 96.8 Å². The van der Waals surface area contributed by atoms with Gasteiger partial charge in [0.05, 0.1) is 0 Å². The highest BCUT2D eigenvalue weighted by atomic mass is 35.5. The van der Waals surface area contributed by atoms with Gasteiger partial charge in [-0.3, -0.25) is 4.79 Å². The van der Waals surface area contributed by atoms with Crippen molar-refractivity contribution in [2.24, 2.45) is 0 Å². The Morgan fingerprint density at radius 1 is 1.44 bits per heavy atom. The van der Waals surface area contributed by atoms with Crippen LogP contribution in [0.5, 0.6) is 0 Å². The van der Waals surface area contributed by atoms with Crippen LogP contribution in [0.1, 0.15) is 36.3 Å². The molecule has 1 aliphatic carbocycles. The second kappa shape index (κ2) is 5.80. The molecule has 0 amide bonds. The molecule has 0 aliphatic heterocycles. The maximum atomic E-state index is 12.5. The van der Waals surface area contributed by atoms with E-state index < -0.39 is 6.43 Å². The maximum absolute atomic E-state index is 12.5. The van der Waals surface area contributed by atoms with Crippen LogP contribution in [0.2, 0.25) is 5.02 Å². The number of carbonyl (C=O) groups is 1. The third kappa shape index (κ3) is 3.45. The van der Waals surface area contributed by atoms with Gasteiger partial charge in [0.1, 0.15) is 0 Å². The summed E-state index contributed by atoms with van der Waals surface area (Å²) < 4.78 is 25.0. The van der Waals surface area contributed by atoms with E-state index in [0.717, 1.165) is 18.4 Å². The summed E-state index contributed by atoms with van der Waals surface area (Å²) in [6.45, 7) is -0.250. The van der Waals surface area contributed by atoms with E-state index in [9.17, 15) is 8.78 Å². The molecule has 2 nitrogen and oxygen atoms in total. The number of hydrogen-bond acceptors (Lipinski definition) is 1. The fourth-order valence-corrected chi connectivity index (χ4v) is 1.67. The third-order valence-electron chi connectivity index (χ3n) is 2.30. The molecule has 0 atom stereocenters. The molecule has 1 N–H and O–H groups in total. The summed E-state index contributed by atoms with van der Waals surface area (Å²) in [5.74, 6) is 0.322. The number of hydrogen-bond donors (Lipinski definition) is 1. The standard InChI is InChI=1S/C10H9ClF2.CH2O2/c11-7-3-4-8(10(12)13)9(5-7)6-1-2-6;2-1-3/h3-6,10H,1-2H2;1H,(H,2,3). The van der Waals surface area contributed by atoms with Gasteiger partial charge in [0.15, 0.2) is 0 Å². The average molecular weight is 249 g/mol. The van der Waals surface area contributed by atoms with Crippen LogP contribution >= 0.6 is 11.6 Å². The molecule has 0 heterocycles. The third-order valence-corrected chi connectivity index (χ3v) is 2.54. The van der Waals surface area contributed by atoms with E-state index in [2.05, 4.69) is 0 Å². The van der Waals surface area contributed by atoms with E-state index in [0.29, 0.717) is 10.9 Å². The van der Waals surface area contributed by atoms with Gasteiger partial charge in [-0.1, -0.05) is 17.7 Å². The van der Waals surface area contributed by atoms with Crippen LogP contribution in [0.25, 0.3) is 0 Å². The van der Waals surface area contributed by atoms with Crippen molar-refractivity contribution in [3.05, 3.63) is 34.3 Å². The first kappa shape index (κ1) is 12.9. The van der Waals surface area contributed by atoms with Crippen LogP contribution in [0.3, 0.4) is 0 Å². The molecule has 1 aliphatic rings. The van der Waals surface area contributed by atoms with Crippen molar-refractivity contribution in [1.82, 2.24) is 0 Å². The first-order valence-electron chi connectivity index (χ1n) is 4.75. The van der Waals surface area contributed by atoms with Crippen LogP contribution in [0.15, 0.2) is 18.2 Å². The monoisotopic (exact) mass is 248 g/mol. The molecule has 0 bridgehead atoms. The van der Waals surface area contributed by atoms with Crippen LogP contribution in [-0.4, -0.2) is 11.6 Å². The summed E-state index contributed by atoms with van der Waals surface area (Å²) in [4.78, 5) is 8.36. The maximum Gasteiger partial charge on any atom is 0.290 e. The van der Waals surface area contributed by atoms with Gasteiger partial charge in [0.2, 0.25) is 0 Å². The van der Waals surface area contributed by atoms with Crippen molar-refractivity contribution in [1.29, 1.82) is 0 Å². The van der Waals surface area contributed by atoms with Crippen molar-refractivity contribution in [3.8, 4) is 0 Å². The second-order valence-electron chi connectivity index (χ2n) is 3.45. The van der Waals surface area contributed by atoms with Gasteiger partial charge < -0.3 is 5.11 Å². The molecular formula is C11H11ClF2O2. The minimum atomic E-state index is -2.38. The number of halogens is 3. The molecule has 1 aromatic rings. The Hall–Kier alpha value is -1.16. The van der Waals surface area contributed by atoms with Crippen LogP contribution in [0, 0.1) is 0 Å². The zero-order valence-corrected chi connectivity index (χ0v) is 9.12. The van der Waals surface area contributed by atoms with E-state index in [-0.39, 0.29) is 12.0 Å². The van der Waals surface area contributed by atoms with Crippen molar-refractivity contribution in [3.63, 3.8) is 0 Å². The fourth-order valence-electron chi connectivity index (χ4n) is 1.49. The molecule has 0 radical (unpaired) electrons. The number of alkyl halides is 2. The van der Waals surface area contributed by atoms with Gasteiger partial charge >= 0.3 is 0 Å². The quantitative estimate of drug-likeness (QED) is 0.807. The highest BCUT2D eigenvalue weighted by Crippen LogP contribution is 2.44. The van der Waals surface area contributed by atoms with Crippen LogP contribution in [0.4, 0.5) is 8.78 Å².